The van der Waals surface area contributed by atoms with Gasteiger partial charge in [0.1, 0.15) is 0 Å². The van der Waals surface area contributed by atoms with Crippen LogP contribution in [0.5, 0.6) is 0 Å². The minimum Gasteiger partial charge on any atom is -0.358 e. The van der Waals surface area contributed by atoms with Crippen molar-refractivity contribution in [3.05, 3.63) is 83.6 Å². The van der Waals surface area contributed by atoms with E-state index in [1.807, 2.05) is 0 Å². The van der Waals surface area contributed by atoms with E-state index in [0.717, 1.165) is 0 Å². The summed E-state index contributed by atoms with van der Waals surface area (Å²) in [6.45, 7) is 4.61. The SMILES string of the molecule is C[C@@H]1C=C[C@H](C)[C@H](c2ccccc2)c2c1[nH]c1ccccc21. The Balaban J connectivity index is 2.03. The van der Waals surface area contributed by atoms with E-state index in [2.05, 4.69) is 85.6 Å². The lowest BCUT2D eigenvalue weighted by Crippen LogP contribution is -2.09. The van der Waals surface area contributed by atoms with Crippen molar-refractivity contribution in [2.45, 2.75) is 25.7 Å². The Morgan fingerprint density at radius 3 is 2.36 bits per heavy atom. The monoisotopic (exact) mass is 287 g/mol. The molecule has 3 aromatic rings. The summed E-state index contributed by atoms with van der Waals surface area (Å²) in [5.41, 5.74) is 5.50. The van der Waals surface area contributed by atoms with Gasteiger partial charge in [0.05, 0.1) is 0 Å². The molecule has 1 aliphatic rings. The van der Waals surface area contributed by atoms with E-state index in [9.17, 15) is 0 Å². The van der Waals surface area contributed by atoms with Crippen LogP contribution in [0.1, 0.15) is 42.5 Å². The summed E-state index contributed by atoms with van der Waals surface area (Å²) in [6.07, 6.45) is 4.73. The Hall–Kier alpha value is -2.28. The van der Waals surface area contributed by atoms with Crippen molar-refractivity contribution in [3.63, 3.8) is 0 Å². The fraction of sp³-hybridized carbons (Fsp3) is 0.238. The molecular weight excluding hydrogens is 266 g/mol. The highest BCUT2D eigenvalue weighted by Crippen LogP contribution is 2.43. The van der Waals surface area contributed by atoms with E-state index in [-0.39, 0.29) is 0 Å². The number of hydrogen-bond donors (Lipinski definition) is 1. The Morgan fingerprint density at radius 1 is 0.818 bits per heavy atom. The number of aromatic amines is 1. The molecule has 0 saturated heterocycles. The molecule has 1 heteroatoms. The molecule has 0 radical (unpaired) electrons. The van der Waals surface area contributed by atoms with Crippen LogP contribution < -0.4 is 0 Å². The van der Waals surface area contributed by atoms with Gasteiger partial charge in [0.25, 0.3) is 0 Å². The zero-order chi connectivity index (χ0) is 15.1. The van der Waals surface area contributed by atoms with E-state index in [1.54, 1.807) is 0 Å². The van der Waals surface area contributed by atoms with E-state index >= 15 is 0 Å². The lowest BCUT2D eigenvalue weighted by molar-refractivity contribution is 0.629. The van der Waals surface area contributed by atoms with Crippen molar-refractivity contribution < 1.29 is 0 Å². The molecule has 0 aliphatic heterocycles. The number of rotatable bonds is 1. The molecule has 22 heavy (non-hydrogen) atoms. The summed E-state index contributed by atoms with van der Waals surface area (Å²) in [6, 6.07) is 19.6. The largest absolute Gasteiger partial charge is 0.358 e. The van der Waals surface area contributed by atoms with E-state index in [1.165, 1.54) is 27.7 Å². The summed E-state index contributed by atoms with van der Waals surface area (Å²) in [7, 11) is 0. The van der Waals surface area contributed by atoms with Crippen molar-refractivity contribution in [1.82, 2.24) is 4.98 Å². The van der Waals surface area contributed by atoms with Crippen LogP contribution in [0.25, 0.3) is 10.9 Å². The Labute approximate surface area is 131 Å². The molecule has 0 saturated carbocycles. The van der Waals surface area contributed by atoms with Crippen LogP contribution in [0.3, 0.4) is 0 Å². The van der Waals surface area contributed by atoms with Gasteiger partial charge < -0.3 is 4.98 Å². The first-order valence-corrected chi connectivity index (χ1v) is 8.09. The fourth-order valence-electron chi connectivity index (χ4n) is 3.82. The third-order valence-electron chi connectivity index (χ3n) is 4.93. The lowest BCUT2D eigenvalue weighted by Gasteiger charge is -2.22. The fourth-order valence-corrected chi connectivity index (χ4v) is 3.82. The molecule has 2 aromatic carbocycles. The summed E-state index contributed by atoms with van der Waals surface area (Å²) in [4.78, 5) is 3.67. The highest BCUT2D eigenvalue weighted by Gasteiger charge is 2.29. The molecule has 4 rings (SSSR count). The van der Waals surface area contributed by atoms with Gasteiger partial charge in [0, 0.05) is 28.4 Å². The van der Waals surface area contributed by atoms with E-state index in [0.29, 0.717) is 17.8 Å². The second kappa shape index (κ2) is 5.17. The first-order valence-electron chi connectivity index (χ1n) is 8.09. The number of aromatic nitrogens is 1. The maximum atomic E-state index is 3.67. The first-order chi connectivity index (χ1) is 10.8. The average Bonchev–Trinajstić information content (AvgIpc) is 2.88. The maximum absolute atomic E-state index is 3.67. The molecule has 1 aliphatic carbocycles. The molecule has 110 valence electrons. The first kappa shape index (κ1) is 13.4. The topological polar surface area (TPSA) is 15.8 Å². The number of fused-ring (bicyclic) bond motifs is 3. The summed E-state index contributed by atoms with van der Waals surface area (Å²) in [5.74, 6) is 1.33. The predicted molar refractivity (Wildman–Crippen MR) is 93.3 cm³/mol. The number of benzene rings is 2. The molecule has 0 unspecified atom stereocenters. The van der Waals surface area contributed by atoms with Crippen molar-refractivity contribution in [1.29, 1.82) is 0 Å². The van der Waals surface area contributed by atoms with Crippen LogP contribution in [0.2, 0.25) is 0 Å². The molecular formula is C21H21N. The number of hydrogen-bond acceptors (Lipinski definition) is 0. The predicted octanol–water partition coefficient (Wildman–Crippen LogP) is 5.61. The smallest absolute Gasteiger partial charge is 0.0459 e. The standard InChI is InChI=1S/C21H21N/c1-14-12-13-15(2)21-20(17-10-6-7-11-18(17)22-21)19(14)16-8-4-3-5-9-16/h3-15,19,22H,1-2H3/t14-,15+,19+/m0/s1. The molecule has 3 atom stereocenters. The van der Waals surface area contributed by atoms with Crippen LogP contribution in [0, 0.1) is 5.92 Å². The van der Waals surface area contributed by atoms with Crippen molar-refractivity contribution in [2.75, 3.05) is 0 Å². The Morgan fingerprint density at radius 2 is 1.55 bits per heavy atom. The Bertz CT molecular complexity index is 825. The number of nitrogens with one attached hydrogen (secondary N) is 1. The van der Waals surface area contributed by atoms with Crippen LogP contribution in [-0.2, 0) is 0 Å². The lowest BCUT2D eigenvalue weighted by atomic mass is 9.81. The molecule has 1 N–H and O–H groups in total. The number of H-pyrrole nitrogens is 1. The third kappa shape index (κ3) is 2.00. The highest BCUT2D eigenvalue weighted by molar-refractivity contribution is 5.86. The van der Waals surface area contributed by atoms with Gasteiger partial charge in [-0.3, -0.25) is 0 Å². The maximum Gasteiger partial charge on any atom is 0.0459 e. The van der Waals surface area contributed by atoms with Crippen LogP contribution >= 0.6 is 0 Å². The van der Waals surface area contributed by atoms with Gasteiger partial charge in [-0.15, -0.1) is 0 Å². The molecule has 0 fully saturated rings. The summed E-state index contributed by atoms with van der Waals surface area (Å²) >= 11 is 0. The van der Waals surface area contributed by atoms with Crippen molar-refractivity contribution in [2.24, 2.45) is 5.92 Å². The van der Waals surface area contributed by atoms with Gasteiger partial charge in [-0.25, -0.2) is 0 Å². The number of para-hydroxylation sites is 1. The minimum atomic E-state index is 0.411. The van der Waals surface area contributed by atoms with Gasteiger partial charge in [-0.2, -0.15) is 0 Å². The van der Waals surface area contributed by atoms with Gasteiger partial charge in [0.15, 0.2) is 0 Å². The zero-order valence-electron chi connectivity index (χ0n) is 13.1. The second-order valence-corrected chi connectivity index (χ2v) is 6.42. The van der Waals surface area contributed by atoms with Gasteiger partial charge in [0.2, 0.25) is 0 Å². The molecule has 1 heterocycles. The van der Waals surface area contributed by atoms with Crippen LogP contribution in [0.15, 0.2) is 66.7 Å². The van der Waals surface area contributed by atoms with E-state index < -0.39 is 0 Å². The Kier molecular flexibility index (Phi) is 3.15. The molecule has 1 aromatic heterocycles. The minimum absolute atomic E-state index is 0.411. The van der Waals surface area contributed by atoms with Gasteiger partial charge in [-0.1, -0.05) is 74.5 Å². The molecule has 0 bridgehead atoms. The average molecular weight is 287 g/mol. The normalized spacial score (nSPS) is 24.2. The summed E-state index contributed by atoms with van der Waals surface area (Å²) in [5, 5.41) is 1.37. The molecule has 0 spiro atoms. The van der Waals surface area contributed by atoms with Gasteiger partial charge >= 0.3 is 0 Å². The van der Waals surface area contributed by atoms with Crippen molar-refractivity contribution in [3.8, 4) is 0 Å². The zero-order valence-corrected chi connectivity index (χ0v) is 13.1. The molecule has 1 nitrogen and oxygen atoms in total. The summed E-state index contributed by atoms with van der Waals surface area (Å²) < 4.78 is 0. The van der Waals surface area contributed by atoms with Crippen LogP contribution in [0.4, 0.5) is 0 Å². The quantitative estimate of drug-likeness (QED) is 0.560. The molecule has 0 amide bonds. The second-order valence-electron chi connectivity index (χ2n) is 6.42. The van der Waals surface area contributed by atoms with E-state index in [4.69, 9.17) is 0 Å². The van der Waals surface area contributed by atoms with Crippen LogP contribution in [-0.4, -0.2) is 4.98 Å². The third-order valence-corrected chi connectivity index (χ3v) is 4.93. The van der Waals surface area contributed by atoms with Crippen molar-refractivity contribution >= 4 is 10.9 Å². The number of allylic oxidation sites excluding steroid dienone is 2. The highest BCUT2D eigenvalue weighted by atomic mass is 14.7. The van der Waals surface area contributed by atoms with Gasteiger partial charge in [-0.05, 0) is 23.1 Å².